The molecule has 7 nitrogen and oxygen atoms in total. The molecule has 45 heavy (non-hydrogen) atoms. The number of para-hydroxylation sites is 1. The molecular weight excluding hydrogens is 558 g/mol. The van der Waals surface area contributed by atoms with Crippen molar-refractivity contribution in [2.24, 2.45) is 11.8 Å². The van der Waals surface area contributed by atoms with Gasteiger partial charge in [-0.3, -0.25) is 10.1 Å². The van der Waals surface area contributed by atoms with Crippen molar-refractivity contribution < 1.29 is 9.59 Å². The molecule has 1 aliphatic carbocycles. The van der Waals surface area contributed by atoms with E-state index in [2.05, 4.69) is 73.6 Å². The first-order valence-electron chi connectivity index (χ1n) is 16.3. The highest BCUT2D eigenvalue weighted by atomic mass is 16.2. The Labute approximate surface area is 267 Å². The number of aromatic nitrogens is 2. The van der Waals surface area contributed by atoms with Crippen LogP contribution in [0.25, 0.3) is 5.69 Å². The highest BCUT2D eigenvalue weighted by molar-refractivity contribution is 6.00. The van der Waals surface area contributed by atoms with Crippen LogP contribution in [0.1, 0.15) is 68.0 Å². The van der Waals surface area contributed by atoms with E-state index in [1.54, 1.807) is 4.68 Å². The van der Waals surface area contributed by atoms with E-state index in [1.165, 1.54) is 16.7 Å². The average molecular weight is 604 g/mol. The predicted molar refractivity (Wildman–Crippen MR) is 181 cm³/mol. The van der Waals surface area contributed by atoms with Gasteiger partial charge in [-0.25, -0.2) is 9.48 Å². The van der Waals surface area contributed by atoms with Crippen LogP contribution in [-0.4, -0.2) is 39.7 Å². The third-order valence-corrected chi connectivity index (χ3v) is 9.34. The second-order valence-corrected chi connectivity index (χ2v) is 13.9. The number of likely N-dealkylation sites (tertiary alicyclic amines) is 1. The molecule has 0 saturated carbocycles. The van der Waals surface area contributed by atoms with Crippen LogP contribution < -0.4 is 10.6 Å². The number of nitrogens with one attached hydrogen (secondary N) is 2. The summed E-state index contributed by atoms with van der Waals surface area (Å²) < 4.78 is 1.80. The number of fused-ring (bicyclic) bond motifs is 1. The Bertz CT molecular complexity index is 1630. The summed E-state index contributed by atoms with van der Waals surface area (Å²) in [5.41, 5.74) is 7.52. The molecule has 0 bridgehead atoms. The Morgan fingerprint density at radius 2 is 1.49 bits per heavy atom. The number of carbonyl (C=O) groups is 2. The molecule has 1 aliphatic heterocycles. The number of piperidine rings is 1. The van der Waals surface area contributed by atoms with Crippen molar-refractivity contribution in [2.45, 2.75) is 71.6 Å². The Morgan fingerprint density at radius 3 is 2.16 bits per heavy atom. The summed E-state index contributed by atoms with van der Waals surface area (Å²) in [6, 6.07) is 26.4. The zero-order chi connectivity index (χ0) is 31.6. The fourth-order valence-corrected chi connectivity index (χ4v) is 6.68. The standard InChI is InChI=1S/C38H45N5O2/c1-26-13-15-32(16-14-26)43-35(25-34(41-43)38(2,3)4)40-37(45)39-33-12-8-7-11-31(33)21-27-17-19-42(20-18-27)36(44)24-28-22-29-9-5-6-10-30(29)23-28/h5-16,25,27-28H,17-24H2,1-4H3,(H2,39,40,45). The van der Waals surface area contributed by atoms with Gasteiger partial charge in [0.2, 0.25) is 5.91 Å². The lowest BCUT2D eigenvalue weighted by Crippen LogP contribution is -2.39. The fourth-order valence-electron chi connectivity index (χ4n) is 6.68. The molecule has 2 aliphatic rings. The first kappa shape index (κ1) is 30.6. The molecule has 6 rings (SSSR count). The molecule has 0 atom stereocenters. The van der Waals surface area contributed by atoms with Gasteiger partial charge in [-0.1, -0.05) is 80.9 Å². The lowest BCUT2D eigenvalue weighted by molar-refractivity contribution is -0.133. The molecule has 0 radical (unpaired) electrons. The molecule has 4 aromatic rings. The summed E-state index contributed by atoms with van der Waals surface area (Å²) in [7, 11) is 0. The SMILES string of the molecule is Cc1ccc(-n2nc(C(C)(C)C)cc2NC(=O)Nc2ccccc2CC2CCN(C(=O)CC3Cc4ccccc4C3)CC2)cc1. The van der Waals surface area contributed by atoms with Crippen molar-refractivity contribution in [1.29, 1.82) is 0 Å². The molecule has 3 aromatic carbocycles. The van der Waals surface area contributed by atoms with E-state index >= 15 is 0 Å². The van der Waals surface area contributed by atoms with Crippen LogP contribution >= 0.6 is 0 Å². The number of aryl methyl sites for hydroxylation is 1. The molecule has 1 fully saturated rings. The van der Waals surface area contributed by atoms with Gasteiger partial charge in [-0.05, 0) is 85.8 Å². The Balaban J connectivity index is 1.05. The van der Waals surface area contributed by atoms with Crippen molar-refractivity contribution in [3.8, 4) is 5.69 Å². The van der Waals surface area contributed by atoms with E-state index in [0.717, 1.165) is 67.8 Å². The molecule has 1 saturated heterocycles. The van der Waals surface area contributed by atoms with Crippen LogP contribution in [0.15, 0.2) is 78.9 Å². The minimum atomic E-state index is -0.300. The van der Waals surface area contributed by atoms with Gasteiger partial charge in [0, 0.05) is 36.7 Å². The normalized spacial score (nSPS) is 15.6. The molecule has 2 N–H and O–H groups in total. The number of hydrogen-bond acceptors (Lipinski definition) is 3. The van der Waals surface area contributed by atoms with Crippen molar-refractivity contribution in [3.63, 3.8) is 0 Å². The number of carbonyl (C=O) groups excluding carboxylic acids is 2. The van der Waals surface area contributed by atoms with Gasteiger partial charge < -0.3 is 10.2 Å². The van der Waals surface area contributed by atoms with Crippen LogP contribution in [0.2, 0.25) is 0 Å². The zero-order valence-electron chi connectivity index (χ0n) is 27.0. The lowest BCUT2D eigenvalue weighted by Gasteiger charge is -2.33. The predicted octanol–water partition coefficient (Wildman–Crippen LogP) is 7.71. The van der Waals surface area contributed by atoms with Crippen LogP contribution in [0.4, 0.5) is 16.3 Å². The average Bonchev–Trinajstić information content (AvgIpc) is 3.63. The van der Waals surface area contributed by atoms with Gasteiger partial charge in [-0.15, -0.1) is 0 Å². The number of anilines is 2. The van der Waals surface area contributed by atoms with Crippen molar-refractivity contribution in [3.05, 3.63) is 107 Å². The Hall–Kier alpha value is -4.39. The lowest BCUT2D eigenvalue weighted by atomic mass is 9.89. The molecule has 2 heterocycles. The van der Waals surface area contributed by atoms with Crippen molar-refractivity contribution in [2.75, 3.05) is 23.7 Å². The summed E-state index contributed by atoms with van der Waals surface area (Å²) in [5.74, 6) is 1.81. The molecule has 3 amide bonds. The summed E-state index contributed by atoms with van der Waals surface area (Å²) in [6.45, 7) is 10.0. The zero-order valence-corrected chi connectivity index (χ0v) is 27.0. The quantitative estimate of drug-likeness (QED) is 0.227. The van der Waals surface area contributed by atoms with Gasteiger partial charge in [0.25, 0.3) is 0 Å². The first-order chi connectivity index (χ1) is 21.6. The van der Waals surface area contributed by atoms with E-state index in [9.17, 15) is 9.59 Å². The van der Waals surface area contributed by atoms with Gasteiger partial charge >= 0.3 is 6.03 Å². The maximum absolute atomic E-state index is 13.3. The van der Waals surface area contributed by atoms with E-state index in [-0.39, 0.29) is 11.4 Å². The topological polar surface area (TPSA) is 79.3 Å². The molecular formula is C38H45N5O2. The second-order valence-electron chi connectivity index (χ2n) is 13.9. The molecule has 1 aromatic heterocycles. The van der Waals surface area contributed by atoms with Crippen molar-refractivity contribution >= 4 is 23.4 Å². The number of hydrogen-bond donors (Lipinski definition) is 2. The second kappa shape index (κ2) is 12.9. The van der Waals surface area contributed by atoms with E-state index < -0.39 is 0 Å². The highest BCUT2D eigenvalue weighted by Crippen LogP contribution is 2.31. The fraction of sp³-hybridized carbons (Fsp3) is 0.395. The van der Waals surface area contributed by atoms with Gasteiger partial charge in [0.05, 0.1) is 11.4 Å². The maximum atomic E-state index is 13.3. The number of nitrogens with zero attached hydrogens (tertiary/aromatic N) is 3. The minimum absolute atomic E-state index is 0.169. The monoisotopic (exact) mass is 603 g/mol. The minimum Gasteiger partial charge on any atom is -0.343 e. The first-order valence-corrected chi connectivity index (χ1v) is 16.3. The number of benzene rings is 3. The van der Waals surface area contributed by atoms with Crippen molar-refractivity contribution in [1.82, 2.24) is 14.7 Å². The Kier molecular flexibility index (Phi) is 8.79. The van der Waals surface area contributed by atoms with Gasteiger partial charge in [0.1, 0.15) is 5.82 Å². The van der Waals surface area contributed by atoms with Gasteiger partial charge in [0.15, 0.2) is 0 Å². The Morgan fingerprint density at radius 1 is 0.844 bits per heavy atom. The largest absolute Gasteiger partial charge is 0.343 e. The molecule has 0 unspecified atom stereocenters. The van der Waals surface area contributed by atoms with Crippen LogP contribution in [0.3, 0.4) is 0 Å². The smallest absolute Gasteiger partial charge is 0.324 e. The summed E-state index contributed by atoms with van der Waals surface area (Å²) in [6.07, 6.45) is 5.49. The number of urea groups is 1. The van der Waals surface area contributed by atoms with E-state index in [0.29, 0.717) is 30.0 Å². The third kappa shape index (κ3) is 7.30. The van der Waals surface area contributed by atoms with Gasteiger partial charge in [-0.2, -0.15) is 5.10 Å². The summed E-state index contributed by atoms with van der Waals surface area (Å²) in [5, 5.41) is 11.0. The number of amides is 3. The van der Waals surface area contributed by atoms with Crippen LogP contribution in [-0.2, 0) is 29.5 Å². The third-order valence-electron chi connectivity index (χ3n) is 9.34. The highest BCUT2D eigenvalue weighted by Gasteiger charge is 2.28. The number of rotatable bonds is 7. The van der Waals surface area contributed by atoms with Crippen LogP contribution in [0, 0.1) is 18.8 Å². The molecule has 0 spiro atoms. The summed E-state index contributed by atoms with van der Waals surface area (Å²) in [4.78, 5) is 28.6. The summed E-state index contributed by atoms with van der Waals surface area (Å²) >= 11 is 0. The van der Waals surface area contributed by atoms with E-state index in [4.69, 9.17) is 5.10 Å². The molecule has 234 valence electrons. The van der Waals surface area contributed by atoms with E-state index in [1.807, 2.05) is 48.5 Å². The molecule has 7 heteroatoms. The maximum Gasteiger partial charge on any atom is 0.324 e. The van der Waals surface area contributed by atoms with Crippen LogP contribution in [0.5, 0.6) is 0 Å².